The third-order valence-corrected chi connectivity index (χ3v) is 2.02. The highest BCUT2D eigenvalue weighted by molar-refractivity contribution is 7.16. The molecule has 0 aliphatic rings. The molecule has 4 heteroatoms. The van der Waals surface area contributed by atoms with Gasteiger partial charge in [-0.05, 0) is 11.4 Å². The highest BCUT2D eigenvalue weighted by atomic mass is 32.1. The van der Waals surface area contributed by atoms with E-state index in [0.29, 0.717) is 0 Å². The van der Waals surface area contributed by atoms with Crippen LogP contribution >= 0.6 is 11.3 Å². The first-order valence-corrected chi connectivity index (χ1v) is 3.67. The van der Waals surface area contributed by atoms with Crippen LogP contribution in [0.2, 0.25) is 0 Å². The Kier molecular flexibility index (Phi) is 1.07. The quantitative estimate of drug-likeness (QED) is 0.611. The summed E-state index contributed by atoms with van der Waals surface area (Å²) in [6.45, 7) is 0. The molecule has 0 aliphatic carbocycles. The van der Waals surface area contributed by atoms with Gasteiger partial charge in [-0.3, -0.25) is 4.79 Å². The van der Waals surface area contributed by atoms with Crippen LogP contribution in [0.25, 0.3) is 10.3 Å². The molecule has 2 rings (SSSR count). The van der Waals surface area contributed by atoms with Crippen LogP contribution in [0.1, 0.15) is 0 Å². The topological polar surface area (TPSA) is 45.8 Å². The van der Waals surface area contributed by atoms with E-state index in [1.54, 1.807) is 0 Å². The van der Waals surface area contributed by atoms with Crippen molar-refractivity contribution in [2.24, 2.45) is 0 Å². The monoisotopic (exact) mass is 152 g/mol. The average Bonchev–Trinajstić information content (AvgIpc) is 2.33. The number of nitrogens with one attached hydrogen (secondary N) is 1. The minimum atomic E-state index is -0.144. The number of hydrogen-bond acceptors (Lipinski definition) is 3. The van der Waals surface area contributed by atoms with Gasteiger partial charge in [0.05, 0.1) is 11.7 Å². The van der Waals surface area contributed by atoms with Gasteiger partial charge in [0.1, 0.15) is 4.83 Å². The lowest BCUT2D eigenvalue weighted by molar-refractivity contribution is 1.23. The van der Waals surface area contributed by atoms with Crippen molar-refractivity contribution in [3.05, 3.63) is 28.0 Å². The fourth-order valence-corrected chi connectivity index (χ4v) is 1.50. The summed E-state index contributed by atoms with van der Waals surface area (Å²) < 4.78 is 0. The summed E-state index contributed by atoms with van der Waals surface area (Å²) in [6, 6.07) is 1.87. The zero-order chi connectivity index (χ0) is 6.97. The first-order chi connectivity index (χ1) is 4.86. The molecule has 0 radical (unpaired) electrons. The van der Waals surface area contributed by atoms with Crippen LogP contribution in [0.4, 0.5) is 0 Å². The number of aromatic nitrogens is 2. The van der Waals surface area contributed by atoms with E-state index in [-0.39, 0.29) is 5.56 Å². The maximum absolute atomic E-state index is 10.7. The highest BCUT2D eigenvalue weighted by Crippen LogP contribution is 2.12. The lowest BCUT2D eigenvalue weighted by Crippen LogP contribution is -2.02. The van der Waals surface area contributed by atoms with Crippen molar-refractivity contribution >= 4 is 21.7 Å². The summed E-state index contributed by atoms with van der Waals surface area (Å²) in [7, 11) is 0. The van der Waals surface area contributed by atoms with Crippen molar-refractivity contribution in [3.63, 3.8) is 0 Å². The van der Waals surface area contributed by atoms with E-state index < -0.39 is 0 Å². The molecule has 0 aliphatic heterocycles. The molecular weight excluding hydrogens is 148 g/mol. The normalized spacial score (nSPS) is 10.4. The molecule has 0 amide bonds. The Labute approximate surface area is 60.4 Å². The number of nitrogens with zero attached hydrogens (tertiary/aromatic N) is 1. The van der Waals surface area contributed by atoms with Gasteiger partial charge in [-0.1, -0.05) is 0 Å². The Morgan fingerprint density at radius 3 is 3.40 bits per heavy atom. The Balaban J connectivity index is 2.99. The van der Waals surface area contributed by atoms with Gasteiger partial charge in [-0.2, -0.15) is 0 Å². The van der Waals surface area contributed by atoms with E-state index in [0.717, 1.165) is 10.3 Å². The molecule has 1 N–H and O–H groups in total. The second-order valence-electron chi connectivity index (χ2n) is 1.88. The first-order valence-electron chi connectivity index (χ1n) is 2.79. The van der Waals surface area contributed by atoms with E-state index in [1.807, 2.05) is 11.4 Å². The van der Waals surface area contributed by atoms with Gasteiger partial charge in [-0.25, -0.2) is 4.98 Å². The number of H-pyrrole nitrogens is 1. The first kappa shape index (κ1) is 5.61. The molecule has 50 valence electrons. The van der Waals surface area contributed by atoms with Crippen LogP contribution in [-0.2, 0) is 0 Å². The maximum atomic E-state index is 10.7. The van der Waals surface area contributed by atoms with Crippen LogP contribution in [0.15, 0.2) is 22.4 Å². The van der Waals surface area contributed by atoms with Crippen LogP contribution in [0.5, 0.6) is 0 Å². The molecule has 0 saturated heterocycles. The molecule has 2 aromatic heterocycles. The summed E-state index contributed by atoms with van der Waals surface area (Å²) >= 11 is 1.48. The second-order valence-corrected chi connectivity index (χ2v) is 2.80. The van der Waals surface area contributed by atoms with Crippen LogP contribution in [-0.4, -0.2) is 9.97 Å². The molecule has 2 aromatic rings. The maximum Gasteiger partial charge on any atom is 0.267 e. The summed E-state index contributed by atoms with van der Waals surface area (Å²) in [4.78, 5) is 18.1. The highest BCUT2D eigenvalue weighted by Gasteiger charge is 1.93. The Morgan fingerprint density at radius 2 is 2.50 bits per heavy atom. The Morgan fingerprint density at radius 1 is 1.60 bits per heavy atom. The lowest BCUT2D eigenvalue weighted by atomic mass is 10.5. The Bertz CT molecular complexity index is 403. The van der Waals surface area contributed by atoms with Gasteiger partial charge >= 0.3 is 0 Å². The fourth-order valence-electron chi connectivity index (χ4n) is 0.770. The third kappa shape index (κ3) is 0.733. The summed E-state index contributed by atoms with van der Waals surface area (Å²) in [5.41, 5.74) is 0.708. The lowest BCUT2D eigenvalue weighted by Gasteiger charge is -1.83. The Hall–Kier alpha value is -1.16. The molecular formula is C6H4N2OS. The number of aromatic amines is 1. The van der Waals surface area contributed by atoms with Gasteiger partial charge in [-0.15, -0.1) is 11.3 Å². The van der Waals surface area contributed by atoms with E-state index in [4.69, 9.17) is 0 Å². The summed E-state index contributed by atoms with van der Waals surface area (Å²) in [5, 5.41) is 1.90. The predicted octanol–water partition coefficient (Wildman–Crippen LogP) is 0.985. The third-order valence-electron chi connectivity index (χ3n) is 1.20. The number of fused-ring (bicyclic) bond motifs is 1. The van der Waals surface area contributed by atoms with Gasteiger partial charge < -0.3 is 4.98 Å². The molecule has 0 fully saturated rings. The summed E-state index contributed by atoms with van der Waals surface area (Å²) in [6.07, 6.45) is 1.29. The van der Waals surface area contributed by atoms with Gasteiger partial charge in [0, 0.05) is 0 Å². The fraction of sp³-hybridized carbons (Fsp3) is 0. The molecule has 0 spiro atoms. The van der Waals surface area contributed by atoms with Crippen molar-refractivity contribution < 1.29 is 0 Å². The van der Waals surface area contributed by atoms with Crippen molar-refractivity contribution in [2.75, 3.05) is 0 Å². The van der Waals surface area contributed by atoms with E-state index in [9.17, 15) is 4.79 Å². The van der Waals surface area contributed by atoms with E-state index in [2.05, 4.69) is 9.97 Å². The van der Waals surface area contributed by atoms with Gasteiger partial charge in [0.2, 0.25) is 0 Å². The molecule has 0 bridgehead atoms. The van der Waals surface area contributed by atoms with Crippen molar-refractivity contribution in [3.8, 4) is 0 Å². The molecule has 0 saturated carbocycles. The molecule has 2 heterocycles. The van der Waals surface area contributed by atoms with Gasteiger partial charge in [0.15, 0.2) is 0 Å². The number of hydrogen-bond donors (Lipinski definition) is 1. The zero-order valence-corrected chi connectivity index (χ0v) is 5.81. The smallest absolute Gasteiger partial charge is 0.267 e. The standard InChI is InChI=1S/C6H4N2OS/c9-5-3-7-4-1-2-10-6(4)8-5/h1-3H,(H,8,9). The molecule has 0 unspecified atom stereocenters. The van der Waals surface area contributed by atoms with Crippen LogP contribution in [0.3, 0.4) is 0 Å². The molecule has 3 nitrogen and oxygen atoms in total. The van der Waals surface area contributed by atoms with Crippen LogP contribution < -0.4 is 5.56 Å². The minimum absolute atomic E-state index is 0.144. The largest absolute Gasteiger partial charge is 0.311 e. The average molecular weight is 152 g/mol. The number of thiophene rings is 1. The van der Waals surface area contributed by atoms with E-state index in [1.165, 1.54) is 17.5 Å². The molecule has 0 atom stereocenters. The SMILES string of the molecule is O=c1cnc2ccsc2[nH]1. The van der Waals surface area contributed by atoms with Crippen LogP contribution in [0, 0.1) is 0 Å². The molecule has 0 aromatic carbocycles. The van der Waals surface area contributed by atoms with Crippen molar-refractivity contribution in [2.45, 2.75) is 0 Å². The van der Waals surface area contributed by atoms with E-state index >= 15 is 0 Å². The summed E-state index contributed by atoms with van der Waals surface area (Å²) in [5.74, 6) is 0. The zero-order valence-electron chi connectivity index (χ0n) is 5.00. The second kappa shape index (κ2) is 1.91. The van der Waals surface area contributed by atoms with Crippen molar-refractivity contribution in [1.82, 2.24) is 9.97 Å². The molecule has 10 heavy (non-hydrogen) atoms. The number of rotatable bonds is 0. The van der Waals surface area contributed by atoms with Crippen molar-refractivity contribution in [1.29, 1.82) is 0 Å². The predicted molar refractivity (Wildman–Crippen MR) is 40.2 cm³/mol. The minimum Gasteiger partial charge on any atom is -0.311 e. The van der Waals surface area contributed by atoms with Gasteiger partial charge in [0.25, 0.3) is 5.56 Å².